The molecule has 1 aliphatic rings. The van der Waals surface area contributed by atoms with Crippen LogP contribution >= 0.6 is 0 Å². The predicted octanol–water partition coefficient (Wildman–Crippen LogP) is 1.78. The van der Waals surface area contributed by atoms with Gasteiger partial charge in [0.15, 0.2) is 0 Å². The Bertz CT molecular complexity index is 417. The largest absolute Gasteiger partial charge is 0.492 e. The summed E-state index contributed by atoms with van der Waals surface area (Å²) in [4.78, 5) is 13.6. The van der Waals surface area contributed by atoms with Gasteiger partial charge in [-0.15, -0.1) is 0 Å². The van der Waals surface area contributed by atoms with Crippen molar-refractivity contribution < 1.29 is 9.53 Å². The first-order valence-electron chi connectivity index (χ1n) is 6.92. The van der Waals surface area contributed by atoms with E-state index in [-0.39, 0.29) is 5.91 Å². The Morgan fingerprint density at radius 1 is 1.37 bits per heavy atom. The second kappa shape index (κ2) is 6.57. The number of hydrogen-bond donors (Lipinski definition) is 1. The summed E-state index contributed by atoms with van der Waals surface area (Å²) < 4.78 is 5.65. The van der Waals surface area contributed by atoms with Crippen molar-refractivity contribution in [2.24, 2.45) is 11.7 Å². The molecule has 104 valence electrons. The van der Waals surface area contributed by atoms with Gasteiger partial charge >= 0.3 is 0 Å². The fourth-order valence-electron chi connectivity index (χ4n) is 2.34. The zero-order valence-corrected chi connectivity index (χ0v) is 11.5. The van der Waals surface area contributed by atoms with Gasteiger partial charge in [-0.2, -0.15) is 0 Å². The van der Waals surface area contributed by atoms with Gasteiger partial charge in [0.05, 0.1) is 6.54 Å². The Morgan fingerprint density at radius 3 is 2.68 bits per heavy atom. The molecule has 4 heteroatoms. The van der Waals surface area contributed by atoms with Crippen LogP contribution in [-0.4, -0.2) is 30.5 Å². The third-order valence-corrected chi connectivity index (χ3v) is 3.66. The lowest BCUT2D eigenvalue weighted by atomic mass is 10.1. The zero-order valence-electron chi connectivity index (χ0n) is 11.5. The molecule has 1 atom stereocenters. The Hall–Kier alpha value is -1.55. The Balaban J connectivity index is 1.75. The number of nitrogens with zero attached hydrogens (tertiary/aromatic N) is 1. The summed E-state index contributed by atoms with van der Waals surface area (Å²) in [7, 11) is 0. The highest BCUT2D eigenvalue weighted by atomic mass is 16.5. The Morgan fingerprint density at radius 2 is 2.11 bits per heavy atom. The van der Waals surface area contributed by atoms with Gasteiger partial charge in [-0.1, -0.05) is 25.5 Å². The summed E-state index contributed by atoms with van der Waals surface area (Å²) in [6, 6.07) is 7.76. The fourth-order valence-corrected chi connectivity index (χ4v) is 2.34. The second-order valence-corrected chi connectivity index (χ2v) is 5.01. The van der Waals surface area contributed by atoms with Crippen molar-refractivity contribution in [3.63, 3.8) is 0 Å². The normalized spacial score (nSPS) is 18.9. The second-order valence-electron chi connectivity index (χ2n) is 5.01. The molecule has 0 radical (unpaired) electrons. The van der Waals surface area contributed by atoms with E-state index in [0.717, 1.165) is 24.3 Å². The van der Waals surface area contributed by atoms with Gasteiger partial charge < -0.3 is 15.4 Å². The molecule has 19 heavy (non-hydrogen) atoms. The fraction of sp³-hybridized carbons (Fsp3) is 0.533. The summed E-state index contributed by atoms with van der Waals surface area (Å²) in [5.41, 5.74) is 6.63. The van der Waals surface area contributed by atoms with Crippen LogP contribution in [0.15, 0.2) is 24.3 Å². The lowest BCUT2D eigenvalue weighted by molar-refractivity contribution is -0.128. The van der Waals surface area contributed by atoms with E-state index in [2.05, 4.69) is 6.92 Å². The molecular weight excluding hydrogens is 240 g/mol. The van der Waals surface area contributed by atoms with Crippen molar-refractivity contribution in [1.29, 1.82) is 0 Å². The SMILES string of the molecule is CCC1CC(=O)N(CCOc2ccc(CN)cc2)C1. The smallest absolute Gasteiger partial charge is 0.223 e. The van der Waals surface area contributed by atoms with E-state index < -0.39 is 0 Å². The van der Waals surface area contributed by atoms with Crippen LogP contribution in [-0.2, 0) is 11.3 Å². The molecule has 1 amide bonds. The minimum Gasteiger partial charge on any atom is -0.492 e. The minimum absolute atomic E-state index is 0.258. The van der Waals surface area contributed by atoms with E-state index in [1.165, 1.54) is 0 Å². The van der Waals surface area contributed by atoms with E-state index >= 15 is 0 Å². The monoisotopic (exact) mass is 262 g/mol. The van der Waals surface area contributed by atoms with Crippen molar-refractivity contribution in [2.45, 2.75) is 26.3 Å². The quantitative estimate of drug-likeness (QED) is 0.850. The highest BCUT2D eigenvalue weighted by Crippen LogP contribution is 2.20. The maximum atomic E-state index is 11.7. The van der Waals surface area contributed by atoms with Crippen molar-refractivity contribution in [2.75, 3.05) is 19.7 Å². The number of amides is 1. The Labute approximate surface area is 114 Å². The standard InChI is InChI=1S/C15H22N2O2/c1-2-12-9-15(18)17(11-12)7-8-19-14-5-3-13(10-16)4-6-14/h3-6,12H,2,7-11,16H2,1H3. The minimum atomic E-state index is 0.258. The van der Waals surface area contributed by atoms with Crippen LogP contribution in [0.1, 0.15) is 25.3 Å². The third kappa shape index (κ3) is 3.70. The zero-order chi connectivity index (χ0) is 13.7. The molecule has 1 fully saturated rings. The molecular formula is C15H22N2O2. The molecule has 1 aromatic rings. The Kier molecular flexibility index (Phi) is 4.80. The summed E-state index contributed by atoms with van der Waals surface area (Å²) in [6.45, 7) is 4.78. The topological polar surface area (TPSA) is 55.6 Å². The number of carbonyl (C=O) groups excluding carboxylic acids is 1. The van der Waals surface area contributed by atoms with Crippen LogP contribution in [0.2, 0.25) is 0 Å². The van der Waals surface area contributed by atoms with Gasteiger partial charge in [0, 0.05) is 19.5 Å². The van der Waals surface area contributed by atoms with E-state index in [0.29, 0.717) is 32.0 Å². The van der Waals surface area contributed by atoms with Crippen LogP contribution in [0.25, 0.3) is 0 Å². The molecule has 1 aliphatic heterocycles. The van der Waals surface area contributed by atoms with Crippen molar-refractivity contribution >= 4 is 5.91 Å². The van der Waals surface area contributed by atoms with Gasteiger partial charge in [-0.25, -0.2) is 0 Å². The summed E-state index contributed by atoms with van der Waals surface area (Å²) in [5, 5.41) is 0. The highest BCUT2D eigenvalue weighted by molar-refractivity contribution is 5.78. The van der Waals surface area contributed by atoms with E-state index in [1.54, 1.807) is 0 Å². The molecule has 1 saturated heterocycles. The average Bonchev–Trinajstić information content (AvgIpc) is 2.80. The third-order valence-electron chi connectivity index (χ3n) is 3.66. The molecule has 0 aromatic heterocycles. The van der Waals surface area contributed by atoms with E-state index in [1.807, 2.05) is 29.2 Å². The van der Waals surface area contributed by atoms with Gasteiger partial charge in [-0.05, 0) is 23.6 Å². The molecule has 1 unspecified atom stereocenters. The highest BCUT2D eigenvalue weighted by Gasteiger charge is 2.27. The number of benzene rings is 1. The van der Waals surface area contributed by atoms with Gasteiger partial charge in [-0.3, -0.25) is 4.79 Å². The molecule has 0 spiro atoms. The van der Waals surface area contributed by atoms with Crippen LogP contribution in [0, 0.1) is 5.92 Å². The van der Waals surface area contributed by atoms with Gasteiger partial charge in [0.2, 0.25) is 5.91 Å². The van der Waals surface area contributed by atoms with Crippen molar-refractivity contribution in [3.8, 4) is 5.75 Å². The van der Waals surface area contributed by atoms with Crippen molar-refractivity contribution in [1.82, 2.24) is 4.90 Å². The number of likely N-dealkylation sites (tertiary alicyclic amines) is 1. The van der Waals surface area contributed by atoms with Crippen LogP contribution < -0.4 is 10.5 Å². The van der Waals surface area contributed by atoms with Gasteiger partial charge in [0.1, 0.15) is 12.4 Å². The van der Waals surface area contributed by atoms with E-state index in [9.17, 15) is 4.79 Å². The van der Waals surface area contributed by atoms with Gasteiger partial charge in [0.25, 0.3) is 0 Å². The summed E-state index contributed by atoms with van der Waals surface area (Å²) >= 11 is 0. The number of rotatable bonds is 6. The molecule has 1 heterocycles. The van der Waals surface area contributed by atoms with E-state index in [4.69, 9.17) is 10.5 Å². The first-order chi connectivity index (χ1) is 9.22. The molecule has 0 bridgehead atoms. The number of hydrogen-bond acceptors (Lipinski definition) is 3. The van der Waals surface area contributed by atoms with Crippen molar-refractivity contribution in [3.05, 3.63) is 29.8 Å². The maximum Gasteiger partial charge on any atom is 0.223 e. The molecule has 1 aromatic carbocycles. The number of carbonyl (C=O) groups is 1. The molecule has 2 rings (SSSR count). The maximum absolute atomic E-state index is 11.7. The summed E-state index contributed by atoms with van der Waals surface area (Å²) in [5.74, 6) is 1.61. The molecule has 0 saturated carbocycles. The number of nitrogens with two attached hydrogens (primary N) is 1. The molecule has 4 nitrogen and oxygen atoms in total. The number of ether oxygens (including phenoxy) is 1. The average molecular weight is 262 g/mol. The predicted molar refractivity (Wildman–Crippen MR) is 74.8 cm³/mol. The summed E-state index contributed by atoms with van der Waals surface area (Å²) in [6.07, 6.45) is 1.77. The first-order valence-corrected chi connectivity index (χ1v) is 6.92. The molecule has 0 aliphatic carbocycles. The lowest BCUT2D eigenvalue weighted by Gasteiger charge is -2.16. The van der Waals surface area contributed by atoms with Crippen LogP contribution in [0.5, 0.6) is 5.75 Å². The van der Waals surface area contributed by atoms with Crippen LogP contribution in [0.4, 0.5) is 0 Å². The molecule has 2 N–H and O–H groups in total. The van der Waals surface area contributed by atoms with Crippen LogP contribution in [0.3, 0.4) is 0 Å². The first kappa shape index (κ1) is 13.9. The lowest BCUT2D eigenvalue weighted by Crippen LogP contribution is -2.29.